The van der Waals surface area contributed by atoms with Gasteiger partial charge in [0.15, 0.2) is 0 Å². The number of likely N-dealkylation sites (tertiary alicyclic amines) is 1. The van der Waals surface area contributed by atoms with Crippen LogP contribution in [0.15, 0.2) is 0 Å². The number of ether oxygens (including phenoxy) is 1. The largest absolute Gasteiger partial charge is 0.379 e. The lowest BCUT2D eigenvalue weighted by Crippen LogP contribution is -2.56. The van der Waals surface area contributed by atoms with E-state index in [1.165, 1.54) is 25.9 Å². The van der Waals surface area contributed by atoms with Crippen LogP contribution in [0.2, 0.25) is 0 Å². The van der Waals surface area contributed by atoms with Gasteiger partial charge in [-0.3, -0.25) is 4.90 Å². The summed E-state index contributed by atoms with van der Waals surface area (Å²) in [5.74, 6) is 0.892. The van der Waals surface area contributed by atoms with Crippen LogP contribution in [0.4, 0.5) is 0 Å². The minimum absolute atomic E-state index is 0.181. The Morgan fingerprint density at radius 1 is 1.43 bits per heavy atom. The van der Waals surface area contributed by atoms with Gasteiger partial charge in [0.2, 0.25) is 0 Å². The summed E-state index contributed by atoms with van der Waals surface area (Å²) in [4.78, 5) is 2.57. The first-order valence-electron chi connectivity index (χ1n) is 5.80. The molecule has 2 aliphatic rings. The first kappa shape index (κ1) is 10.4. The number of hydrogen-bond acceptors (Lipinski definition) is 3. The van der Waals surface area contributed by atoms with E-state index >= 15 is 0 Å². The molecule has 1 atom stereocenters. The number of piperidine rings is 1. The van der Waals surface area contributed by atoms with E-state index in [0.717, 1.165) is 32.1 Å². The van der Waals surface area contributed by atoms with Gasteiger partial charge in [-0.25, -0.2) is 0 Å². The zero-order chi connectivity index (χ0) is 10.0. The van der Waals surface area contributed by atoms with Crippen molar-refractivity contribution in [2.45, 2.75) is 31.7 Å². The topological polar surface area (TPSA) is 38.5 Å². The molecule has 2 aliphatic heterocycles. The average Bonchev–Trinajstić information content (AvgIpc) is 2.68. The van der Waals surface area contributed by atoms with Crippen molar-refractivity contribution >= 4 is 0 Å². The fourth-order valence-corrected chi connectivity index (χ4v) is 2.62. The van der Waals surface area contributed by atoms with E-state index in [-0.39, 0.29) is 5.54 Å². The Morgan fingerprint density at radius 2 is 2.14 bits per heavy atom. The maximum atomic E-state index is 5.91. The molecule has 0 radical (unpaired) electrons. The van der Waals surface area contributed by atoms with E-state index in [1.54, 1.807) is 0 Å². The number of nitrogens with zero attached hydrogens (tertiary/aromatic N) is 1. The van der Waals surface area contributed by atoms with Crippen LogP contribution in [0.3, 0.4) is 0 Å². The minimum atomic E-state index is 0.181. The molecule has 3 nitrogen and oxygen atoms in total. The summed E-state index contributed by atoms with van der Waals surface area (Å²) in [7, 11) is 0. The molecule has 1 unspecified atom stereocenters. The van der Waals surface area contributed by atoms with Crippen LogP contribution in [-0.2, 0) is 4.74 Å². The zero-order valence-electron chi connectivity index (χ0n) is 9.17. The Balaban J connectivity index is 1.98. The minimum Gasteiger partial charge on any atom is -0.379 e. The fraction of sp³-hybridized carbons (Fsp3) is 1.00. The molecule has 2 rings (SSSR count). The van der Waals surface area contributed by atoms with Crippen LogP contribution >= 0.6 is 0 Å². The van der Waals surface area contributed by atoms with E-state index in [0.29, 0.717) is 0 Å². The Morgan fingerprint density at radius 3 is 2.64 bits per heavy atom. The van der Waals surface area contributed by atoms with Crippen LogP contribution in [0.25, 0.3) is 0 Å². The van der Waals surface area contributed by atoms with Gasteiger partial charge >= 0.3 is 0 Å². The Hall–Kier alpha value is -0.120. The summed E-state index contributed by atoms with van der Waals surface area (Å²) in [6.45, 7) is 7.25. The predicted octanol–water partition coefficient (Wildman–Crippen LogP) is 0.836. The molecular formula is C11H22N2O. The summed E-state index contributed by atoms with van der Waals surface area (Å²) in [5.41, 5.74) is 6.09. The molecule has 2 N–H and O–H groups in total. The molecule has 0 amide bonds. The Bertz CT molecular complexity index is 182. The molecule has 0 bridgehead atoms. The van der Waals surface area contributed by atoms with Crippen LogP contribution in [0.1, 0.15) is 26.2 Å². The quantitative estimate of drug-likeness (QED) is 0.714. The van der Waals surface area contributed by atoms with Crippen molar-refractivity contribution in [2.75, 3.05) is 32.8 Å². The van der Waals surface area contributed by atoms with Crippen LogP contribution in [0.5, 0.6) is 0 Å². The molecular weight excluding hydrogens is 176 g/mol. The van der Waals surface area contributed by atoms with E-state index in [4.69, 9.17) is 10.5 Å². The normalized spacial score (nSPS) is 36.4. The number of rotatable bonds is 2. The molecule has 0 aliphatic carbocycles. The van der Waals surface area contributed by atoms with Crippen LogP contribution < -0.4 is 5.73 Å². The Labute approximate surface area is 86.6 Å². The smallest absolute Gasteiger partial charge is 0.0663 e. The lowest BCUT2D eigenvalue weighted by Gasteiger charge is -2.43. The van der Waals surface area contributed by atoms with Crippen molar-refractivity contribution in [3.8, 4) is 0 Å². The fourth-order valence-electron chi connectivity index (χ4n) is 2.62. The molecule has 0 aromatic rings. The van der Waals surface area contributed by atoms with E-state index in [1.807, 2.05) is 0 Å². The first-order chi connectivity index (χ1) is 6.77. The van der Waals surface area contributed by atoms with Gasteiger partial charge < -0.3 is 10.5 Å². The molecule has 2 saturated heterocycles. The van der Waals surface area contributed by atoms with Gasteiger partial charge in [0.25, 0.3) is 0 Å². The lowest BCUT2D eigenvalue weighted by atomic mass is 9.90. The summed E-state index contributed by atoms with van der Waals surface area (Å²) in [5, 5.41) is 0. The van der Waals surface area contributed by atoms with Crippen molar-refractivity contribution in [1.82, 2.24) is 4.90 Å². The molecule has 3 heteroatoms. The van der Waals surface area contributed by atoms with Gasteiger partial charge in [-0.1, -0.05) is 6.92 Å². The van der Waals surface area contributed by atoms with Gasteiger partial charge in [0.1, 0.15) is 0 Å². The van der Waals surface area contributed by atoms with Gasteiger partial charge in [0, 0.05) is 13.2 Å². The zero-order valence-corrected chi connectivity index (χ0v) is 9.17. The summed E-state index contributed by atoms with van der Waals surface area (Å²) >= 11 is 0. The Kier molecular flexibility index (Phi) is 3.10. The molecule has 2 fully saturated rings. The van der Waals surface area contributed by atoms with Gasteiger partial charge in [-0.05, 0) is 38.3 Å². The second-order valence-electron chi connectivity index (χ2n) is 4.90. The maximum Gasteiger partial charge on any atom is 0.0663 e. The lowest BCUT2D eigenvalue weighted by molar-refractivity contribution is 0.0448. The highest BCUT2D eigenvalue weighted by Crippen LogP contribution is 2.29. The SMILES string of the molecule is CC1CCN(C2(CN)CCOC2)CC1. The molecule has 0 aromatic carbocycles. The van der Waals surface area contributed by atoms with Gasteiger partial charge in [-0.2, -0.15) is 0 Å². The van der Waals surface area contributed by atoms with Crippen LogP contribution in [0, 0.1) is 5.92 Å². The van der Waals surface area contributed by atoms with E-state index < -0.39 is 0 Å². The van der Waals surface area contributed by atoms with Crippen molar-refractivity contribution in [2.24, 2.45) is 11.7 Å². The highest BCUT2D eigenvalue weighted by molar-refractivity contribution is 4.96. The third kappa shape index (κ3) is 1.81. The first-order valence-corrected chi connectivity index (χ1v) is 5.80. The van der Waals surface area contributed by atoms with Crippen molar-refractivity contribution in [3.05, 3.63) is 0 Å². The summed E-state index contributed by atoms with van der Waals surface area (Å²) in [6, 6.07) is 0. The predicted molar refractivity (Wildman–Crippen MR) is 57.2 cm³/mol. The molecule has 2 heterocycles. The van der Waals surface area contributed by atoms with Crippen molar-refractivity contribution in [1.29, 1.82) is 0 Å². The van der Waals surface area contributed by atoms with Crippen LogP contribution in [-0.4, -0.2) is 43.3 Å². The van der Waals surface area contributed by atoms with E-state index in [9.17, 15) is 0 Å². The molecule has 82 valence electrons. The molecule has 0 saturated carbocycles. The highest BCUT2D eigenvalue weighted by atomic mass is 16.5. The second kappa shape index (κ2) is 4.17. The van der Waals surface area contributed by atoms with Gasteiger partial charge in [-0.15, -0.1) is 0 Å². The third-order valence-electron chi connectivity index (χ3n) is 3.92. The van der Waals surface area contributed by atoms with Crippen molar-refractivity contribution < 1.29 is 4.74 Å². The van der Waals surface area contributed by atoms with Crippen molar-refractivity contribution in [3.63, 3.8) is 0 Å². The molecule has 0 aromatic heterocycles. The average molecular weight is 198 g/mol. The second-order valence-corrected chi connectivity index (χ2v) is 4.90. The summed E-state index contributed by atoms with van der Waals surface area (Å²) in [6.07, 6.45) is 3.77. The standard InChI is InChI=1S/C11H22N2O/c1-10-2-5-13(6-3-10)11(8-12)4-7-14-9-11/h10H,2-9,12H2,1H3. The number of hydrogen-bond donors (Lipinski definition) is 1. The highest BCUT2D eigenvalue weighted by Gasteiger charge is 2.40. The monoisotopic (exact) mass is 198 g/mol. The maximum absolute atomic E-state index is 5.91. The van der Waals surface area contributed by atoms with E-state index in [2.05, 4.69) is 11.8 Å². The summed E-state index contributed by atoms with van der Waals surface area (Å²) < 4.78 is 5.51. The number of nitrogens with two attached hydrogens (primary N) is 1. The molecule has 0 spiro atoms. The molecule has 14 heavy (non-hydrogen) atoms. The van der Waals surface area contributed by atoms with Gasteiger partial charge in [0.05, 0.1) is 12.1 Å². The third-order valence-corrected chi connectivity index (χ3v) is 3.92.